The molecule has 0 aromatic heterocycles. The van der Waals surface area contributed by atoms with Crippen LogP contribution in [0.25, 0.3) is 0 Å². The Balaban J connectivity index is 0.00000182. The number of nitrogens with one attached hydrogen (secondary N) is 1. The molecule has 0 aromatic rings. The lowest BCUT2D eigenvalue weighted by Gasteiger charge is -2.38. The molecule has 3 rings (SSSR count). The number of amides is 2. The number of hydrogen-bond donors (Lipinski definition) is 1. The van der Waals surface area contributed by atoms with Gasteiger partial charge < -0.3 is 19.9 Å². The van der Waals surface area contributed by atoms with Gasteiger partial charge in [0.25, 0.3) is 0 Å². The number of rotatable bonds is 4. The second-order valence-electron chi connectivity index (χ2n) is 7.48. The van der Waals surface area contributed by atoms with Crippen molar-refractivity contribution in [2.45, 2.75) is 44.2 Å². The highest BCUT2D eigenvalue weighted by atomic mass is 35.5. The number of carbonyl (C=O) groups is 2. The maximum atomic E-state index is 12.6. The Morgan fingerprint density at radius 2 is 1.74 bits per heavy atom. The van der Waals surface area contributed by atoms with E-state index in [1.165, 1.54) is 19.3 Å². The first-order valence-corrected chi connectivity index (χ1v) is 9.73. The molecule has 1 N–H and O–H groups in total. The van der Waals surface area contributed by atoms with E-state index in [4.69, 9.17) is 4.74 Å². The predicted octanol–water partition coefficient (Wildman–Crippen LogP) is 0.754. The molecule has 2 heterocycles. The molecule has 2 amide bonds. The molecule has 9 heteroatoms. The predicted molar refractivity (Wildman–Crippen MR) is 110 cm³/mol. The van der Waals surface area contributed by atoms with Gasteiger partial charge in [-0.05, 0) is 12.8 Å². The van der Waals surface area contributed by atoms with Gasteiger partial charge in [0.2, 0.25) is 11.8 Å². The molecule has 158 valence electrons. The van der Waals surface area contributed by atoms with Crippen molar-refractivity contribution in [3.63, 3.8) is 0 Å². The van der Waals surface area contributed by atoms with Gasteiger partial charge in [-0.25, -0.2) is 0 Å². The minimum Gasteiger partial charge on any atom is -0.378 e. The Morgan fingerprint density at radius 3 is 2.33 bits per heavy atom. The van der Waals surface area contributed by atoms with Crippen LogP contribution < -0.4 is 5.32 Å². The Morgan fingerprint density at radius 1 is 1.07 bits per heavy atom. The number of halogens is 2. The van der Waals surface area contributed by atoms with Gasteiger partial charge in [-0.3, -0.25) is 14.5 Å². The molecule has 3 aliphatic rings. The molecule has 2 saturated heterocycles. The van der Waals surface area contributed by atoms with Gasteiger partial charge in [0.1, 0.15) is 6.04 Å². The summed E-state index contributed by atoms with van der Waals surface area (Å²) in [5, 5.41) is 3.22. The van der Waals surface area contributed by atoms with Crippen LogP contribution in [-0.4, -0.2) is 98.1 Å². The van der Waals surface area contributed by atoms with E-state index in [0.29, 0.717) is 38.9 Å². The molecule has 2 aliphatic heterocycles. The molecule has 0 spiro atoms. The minimum absolute atomic E-state index is 0. The zero-order valence-electron chi connectivity index (χ0n) is 16.2. The third-order valence-corrected chi connectivity index (χ3v) is 5.78. The van der Waals surface area contributed by atoms with Gasteiger partial charge in [-0.15, -0.1) is 24.8 Å². The SMILES string of the molecule is CN(C(=O)CN1CCN(C(=O)C2COCCN2)CC1)C1CCCCC1.Cl.Cl. The summed E-state index contributed by atoms with van der Waals surface area (Å²) < 4.78 is 5.38. The minimum atomic E-state index is -0.209. The molecular formula is C18H34Cl2N4O3. The Labute approximate surface area is 174 Å². The van der Waals surface area contributed by atoms with Crippen molar-refractivity contribution >= 4 is 36.6 Å². The fraction of sp³-hybridized carbons (Fsp3) is 0.889. The monoisotopic (exact) mass is 424 g/mol. The second-order valence-corrected chi connectivity index (χ2v) is 7.48. The van der Waals surface area contributed by atoms with Gasteiger partial charge in [-0.2, -0.15) is 0 Å². The van der Waals surface area contributed by atoms with Gasteiger partial charge in [0.15, 0.2) is 0 Å². The lowest BCUT2D eigenvalue weighted by molar-refractivity contribution is -0.139. The van der Waals surface area contributed by atoms with Gasteiger partial charge in [0.05, 0.1) is 19.8 Å². The zero-order chi connectivity index (χ0) is 17.6. The molecule has 1 saturated carbocycles. The Hall–Kier alpha value is -0.600. The summed E-state index contributed by atoms with van der Waals surface area (Å²) in [7, 11) is 1.95. The second kappa shape index (κ2) is 12.1. The summed E-state index contributed by atoms with van der Waals surface area (Å²) in [6.07, 6.45) is 6.06. The van der Waals surface area contributed by atoms with E-state index in [2.05, 4.69) is 10.2 Å². The van der Waals surface area contributed by atoms with Crippen molar-refractivity contribution in [3.8, 4) is 0 Å². The molecule has 0 aromatic carbocycles. The maximum absolute atomic E-state index is 12.6. The number of piperazine rings is 1. The maximum Gasteiger partial charge on any atom is 0.242 e. The van der Waals surface area contributed by atoms with E-state index in [9.17, 15) is 9.59 Å². The summed E-state index contributed by atoms with van der Waals surface area (Å²) in [4.78, 5) is 31.1. The van der Waals surface area contributed by atoms with Crippen molar-refractivity contribution in [1.82, 2.24) is 20.0 Å². The fourth-order valence-corrected chi connectivity index (χ4v) is 4.05. The average Bonchev–Trinajstić information content (AvgIpc) is 2.68. The normalized spacial score (nSPS) is 24.5. The van der Waals surface area contributed by atoms with Crippen LogP contribution in [0.4, 0.5) is 0 Å². The van der Waals surface area contributed by atoms with Crippen molar-refractivity contribution in [2.75, 3.05) is 59.5 Å². The van der Waals surface area contributed by atoms with Crippen LogP contribution in [0.5, 0.6) is 0 Å². The molecule has 1 aliphatic carbocycles. The van der Waals surface area contributed by atoms with Gasteiger partial charge in [-0.1, -0.05) is 19.3 Å². The van der Waals surface area contributed by atoms with Crippen LogP contribution in [0.3, 0.4) is 0 Å². The molecule has 27 heavy (non-hydrogen) atoms. The number of nitrogens with zero attached hydrogens (tertiary/aromatic N) is 3. The molecule has 0 radical (unpaired) electrons. The highest BCUT2D eigenvalue weighted by molar-refractivity contribution is 5.85. The molecule has 0 bridgehead atoms. The zero-order valence-corrected chi connectivity index (χ0v) is 17.9. The van der Waals surface area contributed by atoms with Crippen molar-refractivity contribution < 1.29 is 14.3 Å². The molecular weight excluding hydrogens is 391 g/mol. The van der Waals surface area contributed by atoms with Crippen molar-refractivity contribution in [1.29, 1.82) is 0 Å². The smallest absolute Gasteiger partial charge is 0.242 e. The summed E-state index contributed by atoms with van der Waals surface area (Å²) in [5.41, 5.74) is 0. The van der Waals surface area contributed by atoms with E-state index in [1.807, 2.05) is 16.8 Å². The standard InChI is InChI=1S/C18H32N4O3.2ClH/c1-20(15-5-3-2-4-6-15)17(23)13-21-8-10-22(11-9-21)18(24)16-14-25-12-7-19-16;;/h15-16,19H,2-14H2,1H3;2*1H. The van der Waals surface area contributed by atoms with Gasteiger partial charge >= 0.3 is 0 Å². The van der Waals surface area contributed by atoms with Crippen LogP contribution in [0, 0.1) is 0 Å². The van der Waals surface area contributed by atoms with Crippen LogP contribution in [0.1, 0.15) is 32.1 Å². The first-order chi connectivity index (χ1) is 12.1. The fourth-order valence-electron chi connectivity index (χ4n) is 4.05. The first-order valence-electron chi connectivity index (χ1n) is 9.73. The quantitative estimate of drug-likeness (QED) is 0.721. The first kappa shape index (κ1) is 24.4. The lowest BCUT2D eigenvalue weighted by Crippen LogP contribution is -2.58. The molecule has 7 nitrogen and oxygen atoms in total. The lowest BCUT2D eigenvalue weighted by atomic mass is 9.94. The number of morpholine rings is 1. The van der Waals surface area contributed by atoms with E-state index < -0.39 is 0 Å². The Kier molecular flexibility index (Phi) is 10.9. The molecule has 1 atom stereocenters. The van der Waals surface area contributed by atoms with Gasteiger partial charge in [0, 0.05) is 45.8 Å². The third kappa shape index (κ3) is 6.75. The number of likely N-dealkylation sites (N-methyl/N-ethyl adjacent to an activating group) is 1. The third-order valence-electron chi connectivity index (χ3n) is 5.78. The Bertz CT molecular complexity index is 464. The van der Waals surface area contributed by atoms with Crippen molar-refractivity contribution in [2.24, 2.45) is 0 Å². The number of carbonyl (C=O) groups excluding carboxylic acids is 2. The van der Waals surface area contributed by atoms with E-state index >= 15 is 0 Å². The average molecular weight is 425 g/mol. The number of hydrogen-bond acceptors (Lipinski definition) is 5. The van der Waals surface area contributed by atoms with E-state index in [0.717, 1.165) is 32.5 Å². The van der Waals surface area contributed by atoms with Crippen LogP contribution in [0.2, 0.25) is 0 Å². The van der Waals surface area contributed by atoms with Crippen molar-refractivity contribution in [3.05, 3.63) is 0 Å². The topological polar surface area (TPSA) is 65.1 Å². The van der Waals surface area contributed by atoms with Crippen LogP contribution in [0.15, 0.2) is 0 Å². The summed E-state index contributed by atoms with van der Waals surface area (Å²) in [6.45, 7) is 5.26. The molecule has 1 unspecified atom stereocenters. The van der Waals surface area contributed by atoms with E-state index in [-0.39, 0.29) is 42.7 Å². The molecule has 3 fully saturated rings. The summed E-state index contributed by atoms with van der Waals surface area (Å²) in [5.74, 6) is 0.346. The number of ether oxygens (including phenoxy) is 1. The summed E-state index contributed by atoms with van der Waals surface area (Å²) >= 11 is 0. The largest absolute Gasteiger partial charge is 0.378 e. The van der Waals surface area contributed by atoms with E-state index in [1.54, 1.807) is 0 Å². The van der Waals surface area contributed by atoms with Crippen LogP contribution >= 0.6 is 24.8 Å². The summed E-state index contributed by atoms with van der Waals surface area (Å²) in [6, 6.07) is 0.209. The highest BCUT2D eigenvalue weighted by Crippen LogP contribution is 2.21. The highest BCUT2D eigenvalue weighted by Gasteiger charge is 2.30. The van der Waals surface area contributed by atoms with Crippen LogP contribution in [-0.2, 0) is 14.3 Å².